The lowest BCUT2D eigenvalue weighted by atomic mass is 10.1. The molecule has 0 fully saturated rings. The van der Waals surface area contributed by atoms with Crippen LogP contribution in [0.4, 0.5) is 0 Å². The Morgan fingerprint density at radius 2 is 2.33 bits per heavy atom. The van der Waals surface area contributed by atoms with Crippen molar-refractivity contribution in [1.29, 1.82) is 0 Å². The lowest BCUT2D eigenvalue weighted by Gasteiger charge is -2.18. The molecule has 4 heteroatoms. The molecule has 1 heterocycles. The van der Waals surface area contributed by atoms with Gasteiger partial charge in [0.2, 0.25) is 0 Å². The third-order valence-corrected chi connectivity index (χ3v) is 1.69. The van der Waals surface area contributed by atoms with Gasteiger partial charge in [-0.1, -0.05) is 0 Å². The van der Waals surface area contributed by atoms with Crippen LogP contribution in [-0.2, 0) is 4.79 Å². The van der Waals surface area contributed by atoms with E-state index in [0.29, 0.717) is 0 Å². The van der Waals surface area contributed by atoms with Gasteiger partial charge in [0.25, 0.3) is 0 Å². The summed E-state index contributed by atoms with van der Waals surface area (Å²) in [5, 5.41) is 8.86. The number of aromatic nitrogens is 1. The second-order valence-corrected chi connectivity index (χ2v) is 2.85. The minimum Gasteiger partial charge on any atom is -0.480 e. The van der Waals surface area contributed by atoms with Crippen molar-refractivity contribution < 1.29 is 9.90 Å². The third kappa shape index (κ3) is 1.65. The number of rotatable bonds is 3. The molecule has 1 atom stereocenters. The predicted octanol–water partition coefficient (Wildman–Crippen LogP) is 0.702. The second-order valence-electron chi connectivity index (χ2n) is 2.85. The Kier molecular flexibility index (Phi) is 2.50. The Labute approximate surface area is 70.8 Å². The molecule has 0 saturated carbocycles. The van der Waals surface area contributed by atoms with Gasteiger partial charge in [0.15, 0.2) is 0 Å². The van der Waals surface area contributed by atoms with Crippen molar-refractivity contribution in [3.8, 4) is 0 Å². The van der Waals surface area contributed by atoms with E-state index in [1.165, 1.54) is 0 Å². The number of likely N-dealkylation sites (N-methyl/N-ethyl adjacent to an activating group) is 1. The van der Waals surface area contributed by atoms with Crippen molar-refractivity contribution in [3.05, 3.63) is 24.0 Å². The van der Waals surface area contributed by atoms with E-state index in [2.05, 4.69) is 4.98 Å². The molecular formula is C8H12N2O2. The second kappa shape index (κ2) is 3.40. The van der Waals surface area contributed by atoms with E-state index in [1.54, 1.807) is 37.5 Å². The van der Waals surface area contributed by atoms with E-state index in [0.717, 1.165) is 5.56 Å². The van der Waals surface area contributed by atoms with Crippen LogP contribution in [0.3, 0.4) is 0 Å². The number of H-pyrrole nitrogens is 1. The van der Waals surface area contributed by atoms with Gasteiger partial charge in [0, 0.05) is 12.4 Å². The number of hydrogen-bond acceptors (Lipinski definition) is 2. The van der Waals surface area contributed by atoms with Crippen molar-refractivity contribution in [2.75, 3.05) is 14.1 Å². The molecular weight excluding hydrogens is 156 g/mol. The maximum atomic E-state index is 10.8. The first-order chi connectivity index (χ1) is 5.63. The van der Waals surface area contributed by atoms with Crippen LogP contribution in [0.2, 0.25) is 0 Å². The first-order valence-electron chi connectivity index (χ1n) is 3.65. The third-order valence-electron chi connectivity index (χ3n) is 1.69. The minimum atomic E-state index is -0.834. The van der Waals surface area contributed by atoms with Crippen LogP contribution in [-0.4, -0.2) is 35.1 Å². The first kappa shape index (κ1) is 8.80. The number of nitrogens with one attached hydrogen (secondary N) is 1. The molecule has 1 aromatic rings. The summed E-state index contributed by atoms with van der Waals surface area (Å²) >= 11 is 0. The monoisotopic (exact) mass is 168 g/mol. The van der Waals surface area contributed by atoms with Gasteiger partial charge in [0.05, 0.1) is 0 Å². The lowest BCUT2D eigenvalue weighted by molar-refractivity contribution is -0.142. The molecule has 0 saturated heterocycles. The zero-order valence-corrected chi connectivity index (χ0v) is 7.11. The number of carboxylic acids is 1. The molecule has 0 amide bonds. The Bertz CT molecular complexity index is 254. The molecule has 0 aliphatic carbocycles. The van der Waals surface area contributed by atoms with Crippen LogP contribution in [0.1, 0.15) is 11.6 Å². The normalized spacial score (nSPS) is 13.2. The van der Waals surface area contributed by atoms with E-state index in [9.17, 15) is 4.79 Å². The van der Waals surface area contributed by atoms with E-state index in [1.807, 2.05) is 0 Å². The van der Waals surface area contributed by atoms with Crippen molar-refractivity contribution in [2.24, 2.45) is 0 Å². The summed E-state index contributed by atoms with van der Waals surface area (Å²) in [6.07, 6.45) is 3.41. The van der Waals surface area contributed by atoms with Crippen LogP contribution in [0, 0.1) is 0 Å². The summed E-state index contributed by atoms with van der Waals surface area (Å²) in [7, 11) is 3.48. The fraction of sp³-hybridized carbons (Fsp3) is 0.375. The average Bonchev–Trinajstić information content (AvgIpc) is 2.37. The van der Waals surface area contributed by atoms with E-state index < -0.39 is 12.0 Å². The Balaban J connectivity index is 2.88. The molecule has 0 bridgehead atoms. The number of carboxylic acid groups (broad SMARTS) is 1. The van der Waals surface area contributed by atoms with Gasteiger partial charge in [-0.05, 0) is 25.7 Å². The highest BCUT2D eigenvalue weighted by atomic mass is 16.4. The molecule has 4 nitrogen and oxygen atoms in total. The van der Waals surface area contributed by atoms with Gasteiger partial charge in [-0.15, -0.1) is 0 Å². The highest BCUT2D eigenvalue weighted by Crippen LogP contribution is 2.16. The Hall–Kier alpha value is -1.29. The zero-order chi connectivity index (χ0) is 9.14. The van der Waals surface area contributed by atoms with Crippen LogP contribution in [0.25, 0.3) is 0 Å². The standard InChI is InChI=1S/C8H12N2O2/c1-10(2)7(8(11)12)6-3-4-9-5-6/h3-5,7,9H,1-2H3,(H,11,12). The molecule has 0 aliphatic rings. The van der Waals surface area contributed by atoms with Crippen molar-refractivity contribution in [2.45, 2.75) is 6.04 Å². The molecule has 1 unspecified atom stereocenters. The minimum absolute atomic E-state index is 0.559. The largest absolute Gasteiger partial charge is 0.480 e. The summed E-state index contributed by atoms with van der Waals surface area (Å²) in [5.74, 6) is -0.834. The van der Waals surface area contributed by atoms with E-state index >= 15 is 0 Å². The number of aliphatic carboxylic acids is 1. The fourth-order valence-corrected chi connectivity index (χ4v) is 1.17. The number of carbonyl (C=O) groups is 1. The lowest BCUT2D eigenvalue weighted by Crippen LogP contribution is -2.26. The van der Waals surface area contributed by atoms with Gasteiger partial charge in [-0.2, -0.15) is 0 Å². The van der Waals surface area contributed by atoms with E-state index in [4.69, 9.17) is 5.11 Å². The topological polar surface area (TPSA) is 56.3 Å². The smallest absolute Gasteiger partial charge is 0.325 e. The summed E-state index contributed by atoms with van der Waals surface area (Å²) in [4.78, 5) is 15.3. The maximum absolute atomic E-state index is 10.8. The molecule has 0 aliphatic heterocycles. The molecule has 0 radical (unpaired) electrons. The summed E-state index contributed by atoms with van der Waals surface area (Å²) in [6.45, 7) is 0. The molecule has 12 heavy (non-hydrogen) atoms. The number of aromatic amines is 1. The van der Waals surface area contributed by atoms with Crippen molar-refractivity contribution >= 4 is 5.97 Å². The molecule has 66 valence electrons. The quantitative estimate of drug-likeness (QED) is 0.698. The summed E-state index contributed by atoms with van der Waals surface area (Å²) < 4.78 is 0. The Morgan fingerprint density at radius 3 is 2.67 bits per heavy atom. The van der Waals surface area contributed by atoms with Crippen molar-refractivity contribution in [1.82, 2.24) is 9.88 Å². The molecule has 1 aromatic heterocycles. The number of nitrogens with zero attached hydrogens (tertiary/aromatic N) is 1. The molecule has 1 rings (SSSR count). The maximum Gasteiger partial charge on any atom is 0.325 e. The van der Waals surface area contributed by atoms with Gasteiger partial charge in [0.1, 0.15) is 6.04 Å². The highest BCUT2D eigenvalue weighted by Gasteiger charge is 2.21. The first-order valence-corrected chi connectivity index (χ1v) is 3.65. The van der Waals surface area contributed by atoms with Gasteiger partial charge in [-0.25, -0.2) is 0 Å². The van der Waals surface area contributed by atoms with E-state index in [-0.39, 0.29) is 0 Å². The predicted molar refractivity (Wildman–Crippen MR) is 44.9 cm³/mol. The molecule has 2 N–H and O–H groups in total. The average molecular weight is 168 g/mol. The van der Waals surface area contributed by atoms with Crippen LogP contribution >= 0.6 is 0 Å². The molecule has 0 spiro atoms. The fourth-order valence-electron chi connectivity index (χ4n) is 1.17. The SMILES string of the molecule is CN(C)C(C(=O)O)c1cc[nH]c1. The van der Waals surface area contributed by atoms with Crippen LogP contribution in [0.5, 0.6) is 0 Å². The van der Waals surface area contributed by atoms with Crippen LogP contribution < -0.4 is 0 Å². The summed E-state index contributed by atoms with van der Waals surface area (Å²) in [6, 6.07) is 1.20. The Morgan fingerprint density at radius 1 is 1.67 bits per heavy atom. The highest BCUT2D eigenvalue weighted by molar-refractivity contribution is 5.75. The van der Waals surface area contributed by atoms with Gasteiger partial charge >= 0.3 is 5.97 Å². The summed E-state index contributed by atoms with van der Waals surface area (Å²) in [5.41, 5.74) is 0.771. The molecule has 0 aromatic carbocycles. The zero-order valence-electron chi connectivity index (χ0n) is 7.11. The van der Waals surface area contributed by atoms with Gasteiger partial charge < -0.3 is 10.1 Å². The van der Waals surface area contributed by atoms with Crippen LogP contribution in [0.15, 0.2) is 18.5 Å². The van der Waals surface area contributed by atoms with Crippen molar-refractivity contribution in [3.63, 3.8) is 0 Å². The number of hydrogen-bond donors (Lipinski definition) is 2. The van der Waals surface area contributed by atoms with Gasteiger partial charge in [-0.3, -0.25) is 9.69 Å².